The van der Waals surface area contributed by atoms with E-state index in [4.69, 9.17) is 10.5 Å². The van der Waals surface area contributed by atoms with Gasteiger partial charge in [-0.15, -0.1) is 12.6 Å². The van der Waals surface area contributed by atoms with Crippen LogP contribution in [0.2, 0.25) is 0 Å². The number of hydrogen-bond donors (Lipinski definition) is 3. The van der Waals surface area contributed by atoms with Crippen molar-refractivity contribution in [3.05, 3.63) is 24.3 Å². The molecule has 1 aromatic rings. The van der Waals surface area contributed by atoms with Gasteiger partial charge >= 0.3 is 29.6 Å². The number of nitrogens with two attached hydrogens (primary N) is 1. The fourth-order valence-electron chi connectivity index (χ4n) is 1.72. The summed E-state index contributed by atoms with van der Waals surface area (Å²) in [4.78, 5) is 2.38. The zero-order valence-electron chi connectivity index (χ0n) is 10.4. The van der Waals surface area contributed by atoms with Crippen LogP contribution < -0.4 is 20.7 Å². The molecular formula is C12H20N3NaOS2. The second kappa shape index (κ2) is 10.8. The molecule has 102 valence electrons. The number of ether oxygens (including phenoxy) is 1. The van der Waals surface area contributed by atoms with Gasteiger partial charge in [0.2, 0.25) is 0 Å². The Morgan fingerprint density at radius 1 is 1.32 bits per heavy atom. The number of rotatable bonds is 2. The van der Waals surface area contributed by atoms with Crippen molar-refractivity contribution in [3.8, 4) is 5.75 Å². The van der Waals surface area contributed by atoms with Crippen LogP contribution >= 0.6 is 24.8 Å². The summed E-state index contributed by atoms with van der Waals surface area (Å²) in [5.74, 6) is 0.920. The molecule has 1 fully saturated rings. The molecule has 0 aliphatic carbocycles. The van der Waals surface area contributed by atoms with E-state index in [2.05, 4.69) is 47.2 Å². The Hall–Kier alpha value is 0.0200. The van der Waals surface area contributed by atoms with Crippen LogP contribution in [-0.4, -0.2) is 67.2 Å². The molecule has 1 heterocycles. The van der Waals surface area contributed by atoms with Crippen LogP contribution in [0.1, 0.15) is 0 Å². The van der Waals surface area contributed by atoms with E-state index in [9.17, 15) is 0 Å². The maximum absolute atomic E-state index is 5.13. The van der Waals surface area contributed by atoms with Crippen molar-refractivity contribution in [2.75, 3.05) is 38.2 Å². The molecule has 4 nitrogen and oxygen atoms in total. The van der Waals surface area contributed by atoms with E-state index in [1.165, 1.54) is 5.69 Å². The molecule has 0 spiro atoms. The summed E-state index contributed by atoms with van der Waals surface area (Å²) in [6.45, 7) is 4.33. The Labute approximate surface area is 147 Å². The third-order valence-electron chi connectivity index (χ3n) is 2.55. The van der Waals surface area contributed by atoms with Gasteiger partial charge in [-0.3, -0.25) is 0 Å². The van der Waals surface area contributed by atoms with Crippen LogP contribution in [0.25, 0.3) is 0 Å². The molecule has 2 rings (SSSR count). The minimum absolute atomic E-state index is 0. The van der Waals surface area contributed by atoms with Gasteiger partial charge in [-0.25, -0.2) is 0 Å². The molecule has 0 saturated carbocycles. The second-order valence-electron chi connectivity index (χ2n) is 3.77. The molecule has 1 aromatic carbocycles. The van der Waals surface area contributed by atoms with E-state index >= 15 is 0 Å². The molecule has 7 heteroatoms. The van der Waals surface area contributed by atoms with Crippen molar-refractivity contribution < 1.29 is 4.74 Å². The van der Waals surface area contributed by atoms with Gasteiger partial charge in [0.15, 0.2) is 0 Å². The minimum atomic E-state index is 0. The van der Waals surface area contributed by atoms with Gasteiger partial charge in [0.05, 0.1) is 7.11 Å². The zero-order valence-corrected chi connectivity index (χ0v) is 12.1. The third-order valence-corrected chi connectivity index (χ3v) is 2.55. The number of hydrogen-bond acceptors (Lipinski definition) is 4. The molecule has 1 aliphatic rings. The first kappa shape index (κ1) is 19.0. The van der Waals surface area contributed by atoms with Crippen molar-refractivity contribution in [2.24, 2.45) is 5.73 Å². The molecule has 0 amide bonds. The van der Waals surface area contributed by atoms with Crippen molar-refractivity contribution >= 4 is 64.4 Å². The summed E-state index contributed by atoms with van der Waals surface area (Å²) in [6, 6.07) is 8.25. The topological polar surface area (TPSA) is 50.5 Å². The van der Waals surface area contributed by atoms with Crippen LogP contribution in [-0.2, 0) is 0 Å². The summed E-state index contributed by atoms with van der Waals surface area (Å²) in [7, 11) is 1.69. The van der Waals surface area contributed by atoms with Gasteiger partial charge in [0, 0.05) is 31.9 Å². The molecule has 0 unspecified atom stereocenters. The summed E-state index contributed by atoms with van der Waals surface area (Å²) < 4.78 is 5.32. The molecule has 3 N–H and O–H groups in total. The first-order valence-electron chi connectivity index (χ1n) is 5.71. The first-order valence-corrected chi connectivity index (χ1v) is 6.57. The van der Waals surface area contributed by atoms with Gasteiger partial charge in [-0.2, -0.15) is 0 Å². The average molecular weight is 309 g/mol. The van der Waals surface area contributed by atoms with Crippen LogP contribution in [0, 0.1) is 0 Å². The van der Waals surface area contributed by atoms with Crippen molar-refractivity contribution in [1.82, 2.24) is 5.32 Å². The second-order valence-corrected chi connectivity index (χ2v) is 5.00. The number of methoxy groups -OCH3 is 1. The average Bonchev–Trinajstić information content (AvgIpc) is 2.39. The maximum atomic E-state index is 5.13. The molecule has 0 radical (unpaired) electrons. The Balaban J connectivity index is 0.000000576. The van der Waals surface area contributed by atoms with Crippen molar-refractivity contribution in [3.63, 3.8) is 0 Å². The predicted molar refractivity (Wildman–Crippen MR) is 91.0 cm³/mol. The van der Waals surface area contributed by atoms with Gasteiger partial charge in [0.25, 0.3) is 0 Å². The van der Waals surface area contributed by atoms with E-state index in [-0.39, 0.29) is 33.9 Å². The molecule has 19 heavy (non-hydrogen) atoms. The van der Waals surface area contributed by atoms with Gasteiger partial charge in [0.1, 0.15) is 10.1 Å². The fraction of sp³-hybridized carbons (Fsp3) is 0.417. The van der Waals surface area contributed by atoms with Gasteiger partial charge in [-0.05, 0) is 24.3 Å². The Bertz CT molecular complexity index is 366. The predicted octanol–water partition coefficient (Wildman–Crippen LogP) is 0.616. The number of thiol groups is 1. The van der Waals surface area contributed by atoms with Gasteiger partial charge in [-0.1, -0.05) is 12.2 Å². The van der Waals surface area contributed by atoms with Crippen LogP contribution in [0.4, 0.5) is 5.69 Å². The zero-order chi connectivity index (χ0) is 13.4. The number of piperazine rings is 1. The molecule has 0 aromatic heterocycles. The molecule has 0 bridgehead atoms. The standard InChI is InChI=1S/C11H16N2O.CH3NS2.Na.H/c1-14-11-4-2-10(3-5-11)13-8-6-12-7-9-13;2-1(3)4;;/h2-5,12H,6-9H2,1H3;(H3,2,3,4);;. The molecule has 1 aliphatic heterocycles. The van der Waals surface area contributed by atoms with E-state index in [0.29, 0.717) is 0 Å². The van der Waals surface area contributed by atoms with E-state index in [1.807, 2.05) is 12.1 Å². The van der Waals surface area contributed by atoms with E-state index in [0.717, 1.165) is 31.9 Å². The summed E-state index contributed by atoms with van der Waals surface area (Å²) in [5, 5.41) is 3.34. The monoisotopic (exact) mass is 309 g/mol. The summed E-state index contributed by atoms with van der Waals surface area (Å²) >= 11 is 7.65. The Kier molecular flexibility index (Phi) is 10.8. The normalized spacial score (nSPS) is 13.7. The summed E-state index contributed by atoms with van der Waals surface area (Å²) in [5.41, 5.74) is 5.99. The van der Waals surface area contributed by atoms with Crippen LogP contribution in [0.3, 0.4) is 0 Å². The number of nitrogens with one attached hydrogen (secondary N) is 1. The molecule has 1 saturated heterocycles. The van der Waals surface area contributed by atoms with Gasteiger partial charge < -0.3 is 20.7 Å². The molecular weight excluding hydrogens is 289 g/mol. The van der Waals surface area contributed by atoms with Crippen LogP contribution in [0.15, 0.2) is 24.3 Å². The number of nitrogens with zero attached hydrogens (tertiary/aromatic N) is 1. The van der Waals surface area contributed by atoms with Crippen molar-refractivity contribution in [2.45, 2.75) is 0 Å². The Morgan fingerprint density at radius 2 is 1.79 bits per heavy atom. The quantitative estimate of drug-likeness (QED) is 0.425. The van der Waals surface area contributed by atoms with E-state index < -0.39 is 0 Å². The van der Waals surface area contributed by atoms with Crippen LogP contribution in [0.5, 0.6) is 5.75 Å². The summed E-state index contributed by atoms with van der Waals surface area (Å²) in [6.07, 6.45) is 0. The number of thiocarbonyl (C=S) groups is 1. The fourth-order valence-corrected chi connectivity index (χ4v) is 1.72. The first-order chi connectivity index (χ1) is 8.63. The van der Waals surface area contributed by atoms with Crippen molar-refractivity contribution in [1.29, 1.82) is 0 Å². The SMILES string of the molecule is COc1ccc(N2CCNCC2)cc1.NC(=S)S.[NaH]. The number of anilines is 1. The van der Waals surface area contributed by atoms with E-state index in [1.54, 1.807) is 7.11 Å². The number of benzene rings is 1. The molecule has 0 atom stereocenters. The Morgan fingerprint density at radius 3 is 2.21 bits per heavy atom. The third kappa shape index (κ3) is 8.02.